The summed E-state index contributed by atoms with van der Waals surface area (Å²) in [4.78, 5) is 59.0. The van der Waals surface area contributed by atoms with Gasteiger partial charge in [-0.25, -0.2) is 0 Å². The van der Waals surface area contributed by atoms with Gasteiger partial charge in [0.05, 0.1) is 49.8 Å². The number of hydrogen-bond donors (Lipinski definition) is 1. The van der Waals surface area contributed by atoms with E-state index in [1.807, 2.05) is 20.9 Å². The molecule has 2 heterocycles. The van der Waals surface area contributed by atoms with Gasteiger partial charge in [0.15, 0.2) is 0 Å². The van der Waals surface area contributed by atoms with Crippen LogP contribution in [0.15, 0.2) is 0 Å². The standard InChI is InChI=1S/C32H58N4O7/c1-11-21(4)28(35(7)31(39)27(20(2)3)33-30(38)24-15-12-13-17-34(24)6)25(41-8)19-26(37)36-18-14-16-23(36)29(42-9)22(5)32(40)43-10/h20-25,27-29H,11-19H2,1-10H3,(H,33,38)/t21-,22+,23-,24-,25+,27-,28-,29+/m0/s1. The van der Waals surface area contributed by atoms with Crippen molar-refractivity contribution >= 4 is 23.7 Å². The van der Waals surface area contributed by atoms with Gasteiger partial charge < -0.3 is 29.3 Å². The Morgan fingerprint density at radius 2 is 1.63 bits per heavy atom. The molecule has 11 nitrogen and oxygen atoms in total. The van der Waals surface area contributed by atoms with Crippen molar-refractivity contribution in [1.82, 2.24) is 20.0 Å². The maximum atomic E-state index is 14.0. The zero-order valence-electron chi connectivity index (χ0n) is 28.3. The smallest absolute Gasteiger partial charge is 0.311 e. The normalized spacial score (nSPS) is 23.7. The number of likely N-dealkylation sites (tertiary alicyclic amines) is 2. The molecule has 0 saturated carbocycles. The van der Waals surface area contributed by atoms with Crippen LogP contribution in [-0.2, 0) is 33.4 Å². The van der Waals surface area contributed by atoms with Crippen molar-refractivity contribution in [2.75, 3.05) is 48.5 Å². The van der Waals surface area contributed by atoms with E-state index in [1.54, 1.807) is 38.0 Å². The molecule has 8 atom stereocenters. The molecule has 43 heavy (non-hydrogen) atoms. The lowest BCUT2D eigenvalue weighted by Crippen LogP contribution is -2.59. The summed E-state index contributed by atoms with van der Waals surface area (Å²) in [5.41, 5.74) is 0. The number of ether oxygens (including phenoxy) is 3. The molecule has 1 N–H and O–H groups in total. The second-order valence-corrected chi connectivity index (χ2v) is 12.8. The summed E-state index contributed by atoms with van der Waals surface area (Å²) in [6.07, 6.45) is 4.16. The highest BCUT2D eigenvalue weighted by molar-refractivity contribution is 5.90. The van der Waals surface area contributed by atoms with Gasteiger partial charge in [-0.05, 0) is 58.0 Å². The first kappa shape index (κ1) is 36.9. The lowest BCUT2D eigenvalue weighted by atomic mass is 9.89. The molecule has 0 aromatic heterocycles. The first-order valence-electron chi connectivity index (χ1n) is 16.0. The number of likely N-dealkylation sites (N-methyl/N-ethyl adjacent to an activating group) is 2. The molecule has 2 aliphatic rings. The fraction of sp³-hybridized carbons (Fsp3) is 0.875. The number of nitrogens with one attached hydrogen (secondary N) is 1. The van der Waals surface area contributed by atoms with E-state index in [9.17, 15) is 19.2 Å². The summed E-state index contributed by atoms with van der Waals surface area (Å²) in [5.74, 6) is -1.40. The Hall–Kier alpha value is -2.24. The lowest BCUT2D eigenvalue weighted by molar-refractivity contribution is -0.154. The number of nitrogens with zero attached hydrogens (tertiary/aromatic N) is 3. The Bertz CT molecular complexity index is 931. The van der Waals surface area contributed by atoms with Gasteiger partial charge in [-0.1, -0.05) is 40.5 Å². The molecule has 0 radical (unpaired) electrons. The average molecular weight is 611 g/mol. The van der Waals surface area contributed by atoms with Gasteiger partial charge >= 0.3 is 5.97 Å². The molecule has 0 aliphatic carbocycles. The minimum absolute atomic E-state index is 0.0279. The summed E-state index contributed by atoms with van der Waals surface area (Å²) in [6.45, 7) is 11.2. The molecule has 0 aromatic rings. The van der Waals surface area contributed by atoms with Crippen molar-refractivity contribution in [3.05, 3.63) is 0 Å². The Kier molecular flexibility index (Phi) is 14.9. The third kappa shape index (κ3) is 9.14. The summed E-state index contributed by atoms with van der Waals surface area (Å²) in [5, 5.41) is 3.06. The average Bonchev–Trinajstić information content (AvgIpc) is 3.48. The van der Waals surface area contributed by atoms with Gasteiger partial charge in [-0.3, -0.25) is 24.1 Å². The van der Waals surface area contributed by atoms with Gasteiger partial charge in [0, 0.05) is 27.8 Å². The minimum atomic E-state index is -0.696. The van der Waals surface area contributed by atoms with Crippen LogP contribution in [0.3, 0.4) is 0 Å². The van der Waals surface area contributed by atoms with E-state index in [2.05, 4.69) is 24.1 Å². The maximum absolute atomic E-state index is 14.0. The van der Waals surface area contributed by atoms with Crippen molar-refractivity contribution in [2.24, 2.45) is 17.8 Å². The van der Waals surface area contributed by atoms with Gasteiger partial charge in [0.2, 0.25) is 17.7 Å². The quantitative estimate of drug-likeness (QED) is 0.282. The minimum Gasteiger partial charge on any atom is -0.469 e. The third-order valence-corrected chi connectivity index (χ3v) is 9.72. The highest BCUT2D eigenvalue weighted by Gasteiger charge is 2.43. The zero-order valence-corrected chi connectivity index (χ0v) is 28.3. The molecule has 248 valence electrons. The van der Waals surface area contributed by atoms with Crippen LogP contribution in [0.5, 0.6) is 0 Å². The molecular weight excluding hydrogens is 552 g/mol. The predicted molar refractivity (Wildman–Crippen MR) is 165 cm³/mol. The van der Waals surface area contributed by atoms with Crippen molar-refractivity contribution < 1.29 is 33.4 Å². The number of carbonyl (C=O) groups excluding carboxylic acids is 4. The number of piperidine rings is 1. The fourth-order valence-corrected chi connectivity index (χ4v) is 6.87. The van der Waals surface area contributed by atoms with Gasteiger partial charge in [0.25, 0.3) is 0 Å². The number of methoxy groups -OCH3 is 3. The zero-order chi connectivity index (χ0) is 32.4. The Labute approximate surface area is 259 Å². The van der Waals surface area contributed by atoms with E-state index >= 15 is 0 Å². The SMILES string of the molecule is CC[C@H](C)[C@@H]([C@@H](CC(=O)N1CCC[C@H]1[C@H](OC)[C@@H](C)C(=O)OC)OC)N(C)C(=O)[C@@H](NC(=O)[C@@H]1CCCCN1C)C(C)C. The predicted octanol–water partition coefficient (Wildman–Crippen LogP) is 2.70. The van der Waals surface area contributed by atoms with Crippen LogP contribution in [0.2, 0.25) is 0 Å². The molecule has 2 saturated heterocycles. The van der Waals surface area contributed by atoms with E-state index in [1.165, 1.54) is 7.11 Å². The van der Waals surface area contributed by atoms with Gasteiger partial charge in [-0.2, -0.15) is 0 Å². The number of hydrogen-bond acceptors (Lipinski definition) is 8. The van der Waals surface area contributed by atoms with E-state index in [0.717, 1.165) is 45.1 Å². The van der Waals surface area contributed by atoms with Crippen molar-refractivity contribution in [3.8, 4) is 0 Å². The summed E-state index contributed by atoms with van der Waals surface area (Å²) in [7, 11) is 8.19. The molecular formula is C32H58N4O7. The topological polar surface area (TPSA) is 118 Å². The molecule has 2 aliphatic heterocycles. The number of esters is 1. The van der Waals surface area contributed by atoms with Crippen molar-refractivity contribution in [2.45, 2.75) is 116 Å². The Morgan fingerprint density at radius 1 is 0.953 bits per heavy atom. The van der Waals surface area contributed by atoms with Crippen LogP contribution in [0, 0.1) is 17.8 Å². The first-order valence-corrected chi connectivity index (χ1v) is 16.0. The summed E-state index contributed by atoms with van der Waals surface area (Å²) >= 11 is 0. The van der Waals surface area contributed by atoms with Crippen LogP contribution in [0.4, 0.5) is 0 Å². The Morgan fingerprint density at radius 3 is 2.16 bits per heavy atom. The third-order valence-electron chi connectivity index (χ3n) is 9.72. The second-order valence-electron chi connectivity index (χ2n) is 12.8. The lowest BCUT2D eigenvalue weighted by Gasteiger charge is -2.41. The second kappa shape index (κ2) is 17.3. The largest absolute Gasteiger partial charge is 0.469 e. The summed E-state index contributed by atoms with van der Waals surface area (Å²) < 4.78 is 16.6. The van der Waals surface area contributed by atoms with Crippen molar-refractivity contribution in [3.63, 3.8) is 0 Å². The molecule has 0 aromatic carbocycles. The highest BCUT2D eigenvalue weighted by atomic mass is 16.5. The van der Waals surface area contributed by atoms with Crippen LogP contribution in [-0.4, -0.2) is 123 Å². The maximum Gasteiger partial charge on any atom is 0.311 e. The van der Waals surface area contributed by atoms with Crippen molar-refractivity contribution in [1.29, 1.82) is 0 Å². The van der Waals surface area contributed by atoms with Crippen LogP contribution in [0.25, 0.3) is 0 Å². The molecule has 2 rings (SSSR count). The van der Waals surface area contributed by atoms with E-state index in [0.29, 0.717) is 6.54 Å². The van der Waals surface area contributed by atoms with E-state index in [-0.39, 0.29) is 54.0 Å². The summed E-state index contributed by atoms with van der Waals surface area (Å²) in [6, 6.07) is -1.59. The number of rotatable bonds is 15. The Balaban J connectivity index is 2.25. The van der Waals surface area contributed by atoms with Crippen LogP contribution >= 0.6 is 0 Å². The highest BCUT2D eigenvalue weighted by Crippen LogP contribution is 2.30. The monoisotopic (exact) mass is 610 g/mol. The molecule has 0 bridgehead atoms. The molecule has 3 amide bonds. The fourth-order valence-electron chi connectivity index (χ4n) is 6.87. The molecule has 0 spiro atoms. The van der Waals surface area contributed by atoms with Gasteiger partial charge in [0.1, 0.15) is 6.04 Å². The van der Waals surface area contributed by atoms with Gasteiger partial charge in [-0.15, -0.1) is 0 Å². The number of carbonyl (C=O) groups is 4. The molecule has 2 fully saturated rings. The van der Waals surface area contributed by atoms with E-state index in [4.69, 9.17) is 14.2 Å². The first-order chi connectivity index (χ1) is 20.3. The van der Waals surface area contributed by atoms with E-state index < -0.39 is 30.2 Å². The molecule has 0 unspecified atom stereocenters. The van der Waals surface area contributed by atoms with Crippen LogP contribution < -0.4 is 5.32 Å². The number of amides is 3. The van der Waals surface area contributed by atoms with Crippen LogP contribution in [0.1, 0.15) is 79.6 Å². The molecule has 11 heteroatoms.